The summed E-state index contributed by atoms with van der Waals surface area (Å²) in [7, 11) is 0. The summed E-state index contributed by atoms with van der Waals surface area (Å²) in [5.41, 5.74) is 2.95. The second kappa shape index (κ2) is 3.77. The van der Waals surface area contributed by atoms with Crippen molar-refractivity contribution in [2.75, 3.05) is 0 Å². The van der Waals surface area contributed by atoms with E-state index in [1.54, 1.807) is 4.80 Å². The summed E-state index contributed by atoms with van der Waals surface area (Å²) in [5, 5.41) is 8.90. The van der Waals surface area contributed by atoms with E-state index in [0.29, 0.717) is 0 Å². The molecule has 0 unspecified atom stereocenters. The first-order chi connectivity index (χ1) is 7.93. The van der Waals surface area contributed by atoms with Crippen LogP contribution in [-0.4, -0.2) is 15.0 Å². The van der Waals surface area contributed by atoms with E-state index in [-0.39, 0.29) is 0 Å². The maximum absolute atomic E-state index is 4.45. The summed E-state index contributed by atoms with van der Waals surface area (Å²) < 4.78 is 0. The van der Waals surface area contributed by atoms with Crippen LogP contribution in [0.4, 0.5) is 0 Å². The maximum Gasteiger partial charge on any atom is 0.113 e. The van der Waals surface area contributed by atoms with Crippen LogP contribution >= 0.6 is 0 Å². The number of hydrogen-bond donors (Lipinski definition) is 0. The van der Waals surface area contributed by atoms with Crippen LogP contribution in [0.2, 0.25) is 0 Å². The first-order valence-corrected chi connectivity index (χ1v) is 5.28. The third-order valence-electron chi connectivity index (χ3n) is 2.52. The fourth-order valence-electron chi connectivity index (χ4n) is 1.70. The van der Waals surface area contributed by atoms with Gasteiger partial charge < -0.3 is 0 Å². The minimum Gasteiger partial charge on any atom is -0.154 e. The van der Waals surface area contributed by atoms with Gasteiger partial charge in [0, 0.05) is 6.42 Å². The fraction of sp³-hybridized carbons (Fsp3) is 0.0769. The van der Waals surface area contributed by atoms with Gasteiger partial charge in [-0.3, -0.25) is 0 Å². The van der Waals surface area contributed by atoms with E-state index in [4.69, 9.17) is 0 Å². The molecule has 1 aromatic carbocycles. The Balaban J connectivity index is 2.09. The van der Waals surface area contributed by atoms with Gasteiger partial charge in [0.15, 0.2) is 0 Å². The van der Waals surface area contributed by atoms with Crippen LogP contribution in [0.1, 0.15) is 6.42 Å². The van der Waals surface area contributed by atoms with E-state index in [1.807, 2.05) is 48.6 Å². The van der Waals surface area contributed by atoms with Crippen LogP contribution in [0.3, 0.4) is 0 Å². The molecule has 16 heavy (non-hydrogen) atoms. The molecule has 0 saturated heterocycles. The Morgan fingerprint density at radius 1 is 0.938 bits per heavy atom. The molecule has 0 amide bonds. The van der Waals surface area contributed by atoms with Gasteiger partial charge in [0.1, 0.15) is 11.0 Å². The summed E-state index contributed by atoms with van der Waals surface area (Å²) in [4.78, 5) is 1.71. The van der Waals surface area contributed by atoms with Gasteiger partial charge in [-0.2, -0.15) is 4.80 Å². The Kier molecular flexibility index (Phi) is 2.14. The van der Waals surface area contributed by atoms with Crippen LogP contribution in [-0.2, 0) is 0 Å². The van der Waals surface area contributed by atoms with Gasteiger partial charge in [-0.15, -0.1) is 10.2 Å². The van der Waals surface area contributed by atoms with E-state index in [2.05, 4.69) is 16.3 Å². The Morgan fingerprint density at radius 2 is 1.69 bits per heavy atom. The summed E-state index contributed by atoms with van der Waals surface area (Å²) in [6, 6.07) is 7.90. The molecular formula is C13H11N3. The number of allylic oxidation sites excluding steroid dienone is 6. The number of fused-ring (bicyclic) bond motifs is 1. The lowest BCUT2D eigenvalue weighted by Gasteiger charge is -1.99. The summed E-state index contributed by atoms with van der Waals surface area (Å²) in [5.74, 6) is 0. The number of hydrogen-bond acceptors (Lipinski definition) is 2. The molecule has 0 N–H and O–H groups in total. The van der Waals surface area contributed by atoms with E-state index in [0.717, 1.165) is 23.2 Å². The number of rotatable bonds is 1. The molecular weight excluding hydrogens is 198 g/mol. The van der Waals surface area contributed by atoms with Gasteiger partial charge in [-0.05, 0) is 18.2 Å². The molecule has 3 rings (SSSR count). The van der Waals surface area contributed by atoms with Crippen molar-refractivity contribution in [1.29, 1.82) is 0 Å². The van der Waals surface area contributed by atoms with E-state index in [1.165, 1.54) is 0 Å². The summed E-state index contributed by atoms with van der Waals surface area (Å²) >= 11 is 0. The average Bonchev–Trinajstić information content (AvgIpc) is 2.56. The third kappa shape index (κ3) is 1.56. The van der Waals surface area contributed by atoms with Crippen molar-refractivity contribution in [2.24, 2.45) is 0 Å². The molecule has 0 bridgehead atoms. The van der Waals surface area contributed by atoms with Gasteiger partial charge in [-0.25, -0.2) is 0 Å². The van der Waals surface area contributed by atoms with Crippen LogP contribution in [0.15, 0.2) is 54.6 Å². The lowest BCUT2D eigenvalue weighted by molar-refractivity contribution is 0.768. The zero-order chi connectivity index (χ0) is 10.8. The molecule has 0 atom stereocenters. The molecule has 3 heteroatoms. The Labute approximate surface area is 93.4 Å². The molecule has 0 aliphatic heterocycles. The van der Waals surface area contributed by atoms with E-state index in [9.17, 15) is 0 Å². The largest absolute Gasteiger partial charge is 0.154 e. The number of nitrogens with zero attached hydrogens (tertiary/aromatic N) is 3. The highest BCUT2D eigenvalue weighted by atomic mass is 15.5. The molecule has 1 aliphatic rings. The molecule has 1 heterocycles. The quantitative estimate of drug-likeness (QED) is 0.723. The van der Waals surface area contributed by atoms with Crippen LogP contribution in [0.5, 0.6) is 0 Å². The Bertz CT molecular complexity index is 569. The smallest absolute Gasteiger partial charge is 0.113 e. The predicted molar refractivity (Wildman–Crippen MR) is 64.7 cm³/mol. The van der Waals surface area contributed by atoms with Crippen molar-refractivity contribution in [2.45, 2.75) is 6.42 Å². The first-order valence-electron chi connectivity index (χ1n) is 5.28. The average molecular weight is 209 g/mol. The molecule has 1 aromatic heterocycles. The van der Waals surface area contributed by atoms with E-state index >= 15 is 0 Å². The van der Waals surface area contributed by atoms with Gasteiger partial charge >= 0.3 is 0 Å². The zero-order valence-electron chi connectivity index (χ0n) is 8.74. The molecule has 0 saturated carbocycles. The molecule has 1 aliphatic carbocycles. The summed E-state index contributed by atoms with van der Waals surface area (Å²) in [6.07, 6.45) is 11.0. The molecule has 78 valence electrons. The van der Waals surface area contributed by atoms with Gasteiger partial charge in [0.2, 0.25) is 0 Å². The van der Waals surface area contributed by atoms with Crippen molar-refractivity contribution >= 4 is 16.7 Å². The van der Waals surface area contributed by atoms with Gasteiger partial charge in [0.25, 0.3) is 0 Å². The molecule has 0 radical (unpaired) electrons. The summed E-state index contributed by atoms with van der Waals surface area (Å²) in [6.45, 7) is 0. The van der Waals surface area contributed by atoms with Crippen molar-refractivity contribution in [3.8, 4) is 0 Å². The predicted octanol–water partition coefficient (Wildman–Crippen LogP) is 2.79. The SMILES string of the molecule is C1=CC=C(n2nc3ccccc3n2)CC=C1. The Morgan fingerprint density at radius 3 is 2.44 bits per heavy atom. The van der Waals surface area contributed by atoms with Crippen molar-refractivity contribution in [3.05, 3.63) is 54.6 Å². The van der Waals surface area contributed by atoms with Crippen molar-refractivity contribution < 1.29 is 0 Å². The molecule has 3 nitrogen and oxygen atoms in total. The van der Waals surface area contributed by atoms with Crippen molar-refractivity contribution in [1.82, 2.24) is 15.0 Å². The molecule has 2 aromatic rings. The van der Waals surface area contributed by atoms with Crippen LogP contribution in [0.25, 0.3) is 16.7 Å². The highest BCUT2D eigenvalue weighted by Crippen LogP contribution is 2.14. The second-order valence-electron chi connectivity index (χ2n) is 3.65. The topological polar surface area (TPSA) is 30.7 Å². The molecule has 0 fully saturated rings. The fourth-order valence-corrected chi connectivity index (χ4v) is 1.70. The highest BCUT2D eigenvalue weighted by molar-refractivity contribution is 5.74. The zero-order valence-corrected chi connectivity index (χ0v) is 8.74. The normalized spacial score (nSPS) is 15.1. The third-order valence-corrected chi connectivity index (χ3v) is 2.52. The maximum atomic E-state index is 4.45. The Hall–Kier alpha value is -2.16. The van der Waals surface area contributed by atoms with E-state index < -0.39 is 0 Å². The van der Waals surface area contributed by atoms with Crippen molar-refractivity contribution in [3.63, 3.8) is 0 Å². The van der Waals surface area contributed by atoms with Gasteiger partial charge in [0.05, 0.1) is 5.70 Å². The highest BCUT2D eigenvalue weighted by Gasteiger charge is 2.05. The lowest BCUT2D eigenvalue weighted by atomic mass is 10.3. The molecule has 0 spiro atoms. The van der Waals surface area contributed by atoms with Crippen LogP contribution < -0.4 is 0 Å². The second-order valence-corrected chi connectivity index (χ2v) is 3.65. The minimum atomic E-state index is 0.855. The van der Waals surface area contributed by atoms with Crippen LogP contribution in [0, 0.1) is 0 Å². The number of aromatic nitrogens is 3. The first kappa shape index (κ1) is 9.09. The van der Waals surface area contributed by atoms with Gasteiger partial charge in [-0.1, -0.05) is 36.4 Å². The monoisotopic (exact) mass is 209 g/mol. The minimum absolute atomic E-state index is 0.855. The number of benzene rings is 1. The lowest BCUT2D eigenvalue weighted by Crippen LogP contribution is -2.00. The standard InChI is InChI=1S/C13H11N3/c1-2-4-8-11(7-3-1)16-14-12-9-5-6-10-13(12)15-16/h1-7,9-10H,8H2.